The summed E-state index contributed by atoms with van der Waals surface area (Å²) in [5.41, 5.74) is 2.22. The van der Waals surface area contributed by atoms with Gasteiger partial charge in [0.2, 0.25) is 5.91 Å². The van der Waals surface area contributed by atoms with E-state index >= 15 is 0 Å². The second-order valence-corrected chi connectivity index (χ2v) is 10.0. The summed E-state index contributed by atoms with van der Waals surface area (Å²) in [5.74, 6) is -0.0311. The molecule has 0 radical (unpaired) electrons. The summed E-state index contributed by atoms with van der Waals surface area (Å²) >= 11 is 0. The van der Waals surface area contributed by atoms with Crippen molar-refractivity contribution in [3.63, 3.8) is 0 Å². The van der Waals surface area contributed by atoms with E-state index in [4.69, 9.17) is 9.15 Å². The molecule has 0 bridgehead atoms. The van der Waals surface area contributed by atoms with Crippen LogP contribution in [0.4, 0.5) is 11.4 Å². The van der Waals surface area contributed by atoms with E-state index in [-0.39, 0.29) is 4.90 Å². The van der Waals surface area contributed by atoms with Crippen LogP contribution in [-0.2, 0) is 14.8 Å². The van der Waals surface area contributed by atoms with Crippen LogP contribution in [0.1, 0.15) is 6.92 Å². The minimum Gasteiger partial charge on any atom is -0.495 e. The Hall–Kier alpha value is -4.04. The minimum absolute atomic E-state index is 0.210. The fraction of sp³-hybridized carbons (Fsp3) is 0.115. The first-order valence-corrected chi connectivity index (χ1v) is 12.2. The lowest BCUT2D eigenvalue weighted by atomic mass is 10.1. The average molecular weight is 473 g/mol. The number of methoxy groups -OCH3 is 1. The number of rotatable bonds is 4. The summed E-state index contributed by atoms with van der Waals surface area (Å²) < 4.78 is 39.4. The molecule has 7 nitrogen and oxygen atoms in total. The van der Waals surface area contributed by atoms with Crippen LogP contribution in [0.15, 0.2) is 82.1 Å². The van der Waals surface area contributed by atoms with Gasteiger partial charge in [0.15, 0.2) is 0 Å². The summed E-state index contributed by atoms with van der Waals surface area (Å²) in [4.78, 5) is 13.5. The Morgan fingerprint density at radius 2 is 1.74 bits per heavy atom. The van der Waals surface area contributed by atoms with E-state index in [0.717, 1.165) is 21.7 Å². The Morgan fingerprint density at radius 3 is 2.53 bits per heavy atom. The molecule has 34 heavy (non-hydrogen) atoms. The van der Waals surface area contributed by atoms with Crippen LogP contribution in [0, 0.1) is 0 Å². The second kappa shape index (κ2) is 7.23. The largest absolute Gasteiger partial charge is 0.495 e. The highest BCUT2D eigenvalue weighted by Crippen LogP contribution is 2.43. The van der Waals surface area contributed by atoms with Gasteiger partial charge in [-0.25, -0.2) is 8.42 Å². The van der Waals surface area contributed by atoms with E-state index < -0.39 is 22.0 Å². The molecular formula is C26H20N2O5S. The quantitative estimate of drug-likeness (QED) is 0.384. The smallest absolute Gasteiger partial charge is 0.265 e. The van der Waals surface area contributed by atoms with Crippen molar-refractivity contribution < 1.29 is 22.4 Å². The van der Waals surface area contributed by atoms with Crippen LogP contribution < -0.4 is 14.4 Å². The van der Waals surface area contributed by atoms with Crippen molar-refractivity contribution in [3.8, 4) is 5.75 Å². The Labute approximate surface area is 195 Å². The molecule has 170 valence electrons. The normalized spacial score (nSPS) is 15.2. The Kier molecular flexibility index (Phi) is 4.37. The van der Waals surface area contributed by atoms with Gasteiger partial charge in [-0.1, -0.05) is 42.5 Å². The summed E-state index contributed by atoms with van der Waals surface area (Å²) in [6.45, 7) is 1.57. The van der Waals surface area contributed by atoms with Gasteiger partial charge in [0.25, 0.3) is 10.0 Å². The molecule has 1 amide bonds. The van der Waals surface area contributed by atoms with Crippen molar-refractivity contribution in [2.45, 2.75) is 17.9 Å². The number of amides is 1. The molecule has 6 rings (SSSR count). The molecule has 0 fully saturated rings. The van der Waals surface area contributed by atoms with Gasteiger partial charge in [-0.3, -0.25) is 9.10 Å². The number of benzene rings is 4. The first-order valence-electron chi connectivity index (χ1n) is 10.8. The molecule has 0 aliphatic carbocycles. The molecule has 1 atom stereocenters. The van der Waals surface area contributed by atoms with E-state index in [2.05, 4.69) is 5.32 Å². The van der Waals surface area contributed by atoms with Crippen molar-refractivity contribution in [1.29, 1.82) is 0 Å². The number of hydrogen-bond acceptors (Lipinski definition) is 5. The van der Waals surface area contributed by atoms with Gasteiger partial charge < -0.3 is 14.5 Å². The van der Waals surface area contributed by atoms with Gasteiger partial charge in [-0.2, -0.15) is 0 Å². The predicted octanol–water partition coefficient (Wildman–Crippen LogP) is 5.28. The number of nitrogens with zero attached hydrogens (tertiary/aromatic N) is 1. The zero-order valence-corrected chi connectivity index (χ0v) is 19.2. The Balaban J connectivity index is 1.39. The maximum Gasteiger partial charge on any atom is 0.265 e. The maximum atomic E-state index is 13.4. The predicted molar refractivity (Wildman–Crippen MR) is 132 cm³/mol. The number of fused-ring (bicyclic) bond motifs is 3. The highest BCUT2D eigenvalue weighted by atomic mass is 32.2. The molecule has 0 saturated heterocycles. The molecule has 2 heterocycles. The Bertz CT molecular complexity index is 1730. The number of ether oxygens (including phenoxy) is 1. The van der Waals surface area contributed by atoms with Crippen LogP contribution in [0.3, 0.4) is 0 Å². The number of furan rings is 1. The lowest BCUT2D eigenvalue weighted by Crippen LogP contribution is -2.44. The monoisotopic (exact) mass is 472 g/mol. The fourth-order valence-electron chi connectivity index (χ4n) is 4.70. The number of sulfonamides is 1. The van der Waals surface area contributed by atoms with Crippen molar-refractivity contribution in [3.05, 3.63) is 72.8 Å². The molecular weight excluding hydrogens is 452 g/mol. The van der Waals surface area contributed by atoms with E-state index in [1.54, 1.807) is 37.3 Å². The second-order valence-electron chi connectivity index (χ2n) is 8.24. The van der Waals surface area contributed by atoms with Crippen LogP contribution in [0.25, 0.3) is 32.7 Å². The molecule has 4 aromatic carbocycles. The SMILES string of the molecule is COc1cc2c(cc1NC(=O)C(C)N1c3cccc4cccc(c34)S1(=O)=O)oc1ccccc12. The third-order valence-electron chi connectivity index (χ3n) is 6.31. The number of carbonyl (C=O) groups excluding carboxylic acids is 1. The lowest BCUT2D eigenvalue weighted by molar-refractivity contribution is -0.116. The van der Waals surface area contributed by atoms with Gasteiger partial charge in [-0.05, 0) is 36.6 Å². The lowest BCUT2D eigenvalue weighted by Gasteiger charge is -2.25. The molecule has 1 unspecified atom stereocenters. The highest BCUT2D eigenvalue weighted by Gasteiger charge is 2.41. The van der Waals surface area contributed by atoms with Gasteiger partial charge in [0, 0.05) is 22.2 Å². The number of nitrogens with one attached hydrogen (secondary N) is 1. The third-order valence-corrected chi connectivity index (χ3v) is 8.23. The van der Waals surface area contributed by atoms with Gasteiger partial charge in [-0.15, -0.1) is 0 Å². The van der Waals surface area contributed by atoms with E-state index in [1.165, 1.54) is 11.4 Å². The molecule has 1 aliphatic heterocycles. The van der Waals surface area contributed by atoms with E-state index in [9.17, 15) is 13.2 Å². The number of anilines is 2. The summed E-state index contributed by atoms with van der Waals surface area (Å²) in [6, 6.07) is 20.7. The van der Waals surface area contributed by atoms with Crippen molar-refractivity contribution >= 4 is 60.0 Å². The summed E-state index contributed by atoms with van der Waals surface area (Å²) in [5, 5.41) is 6.09. The first kappa shape index (κ1) is 20.6. The zero-order chi connectivity index (χ0) is 23.6. The standard InChI is InChI=1S/C26H20N2O5S/c1-15(28-20-10-5-7-16-8-6-12-24(25(16)20)34(28,30)31)26(29)27-19-14-22-18(13-23(19)32-2)17-9-3-4-11-21(17)33-22/h3-15H,1-2H3,(H,27,29). The van der Waals surface area contributed by atoms with Crippen LogP contribution in [0.5, 0.6) is 5.75 Å². The minimum atomic E-state index is -3.88. The Morgan fingerprint density at radius 1 is 0.971 bits per heavy atom. The van der Waals surface area contributed by atoms with Crippen LogP contribution >= 0.6 is 0 Å². The number of hydrogen-bond donors (Lipinski definition) is 1. The molecule has 0 spiro atoms. The molecule has 5 aromatic rings. The van der Waals surface area contributed by atoms with Gasteiger partial charge in [0.1, 0.15) is 23.0 Å². The maximum absolute atomic E-state index is 13.4. The molecule has 8 heteroatoms. The number of carbonyl (C=O) groups is 1. The molecule has 1 N–H and O–H groups in total. The van der Waals surface area contributed by atoms with Crippen LogP contribution in [0.2, 0.25) is 0 Å². The van der Waals surface area contributed by atoms with Gasteiger partial charge >= 0.3 is 0 Å². The van der Waals surface area contributed by atoms with Crippen molar-refractivity contribution in [2.24, 2.45) is 0 Å². The van der Waals surface area contributed by atoms with Crippen molar-refractivity contribution in [1.82, 2.24) is 0 Å². The highest BCUT2D eigenvalue weighted by molar-refractivity contribution is 7.93. The van der Waals surface area contributed by atoms with Gasteiger partial charge in [0.05, 0.1) is 23.4 Å². The summed E-state index contributed by atoms with van der Waals surface area (Å²) in [6.07, 6.45) is 0. The van der Waals surface area contributed by atoms with Crippen LogP contribution in [-0.4, -0.2) is 27.5 Å². The average Bonchev–Trinajstić information content (AvgIpc) is 3.31. The number of para-hydroxylation sites is 1. The van der Waals surface area contributed by atoms with Crippen molar-refractivity contribution in [2.75, 3.05) is 16.7 Å². The first-order chi connectivity index (χ1) is 16.4. The topological polar surface area (TPSA) is 88.9 Å². The molecule has 1 aromatic heterocycles. The third kappa shape index (κ3) is 2.82. The van der Waals surface area contributed by atoms with E-state index in [0.29, 0.717) is 28.1 Å². The molecule has 0 saturated carbocycles. The molecule has 1 aliphatic rings. The fourth-order valence-corrected chi connectivity index (χ4v) is 6.57. The summed E-state index contributed by atoms with van der Waals surface area (Å²) in [7, 11) is -2.36. The van der Waals surface area contributed by atoms with E-state index in [1.807, 2.05) is 42.5 Å². The zero-order valence-electron chi connectivity index (χ0n) is 18.4.